The van der Waals surface area contributed by atoms with Crippen molar-refractivity contribution in [3.8, 4) is 0 Å². The normalized spacial score (nSPS) is 11.1. The fraction of sp³-hybridized carbons (Fsp3) is 0.0323. The molecule has 5 aromatic carbocycles. The van der Waals surface area contributed by atoms with Gasteiger partial charge in [-0.1, -0.05) is 127 Å². The first-order chi connectivity index (χ1) is 15.9. The molecule has 0 saturated heterocycles. The summed E-state index contributed by atoms with van der Waals surface area (Å²) in [6, 6.07) is 51.4. The average molecular weight is 412 g/mol. The Morgan fingerprint density at radius 2 is 0.750 bits per heavy atom. The molecular formula is C31H25N. The van der Waals surface area contributed by atoms with Crippen LogP contribution in [0.5, 0.6) is 0 Å². The van der Waals surface area contributed by atoms with E-state index in [-0.39, 0.29) is 0 Å². The number of hydrogen-bond donors (Lipinski definition) is 1. The highest BCUT2D eigenvalue weighted by Crippen LogP contribution is 2.47. The molecule has 0 aromatic heterocycles. The van der Waals surface area contributed by atoms with Crippen LogP contribution < -0.4 is 5.32 Å². The van der Waals surface area contributed by atoms with Gasteiger partial charge in [0.15, 0.2) is 0 Å². The summed E-state index contributed by atoms with van der Waals surface area (Å²) in [4.78, 5) is 0. The Morgan fingerprint density at radius 3 is 1.22 bits per heavy atom. The molecule has 0 amide bonds. The molecule has 0 spiro atoms. The van der Waals surface area contributed by atoms with Gasteiger partial charge in [-0.15, -0.1) is 0 Å². The minimum absolute atomic E-state index is 0.470. The van der Waals surface area contributed by atoms with E-state index < -0.39 is 5.41 Å². The Bertz CT molecular complexity index is 1170. The van der Waals surface area contributed by atoms with E-state index in [9.17, 15) is 0 Å². The highest BCUT2D eigenvalue weighted by atomic mass is 14.9. The highest BCUT2D eigenvalue weighted by molar-refractivity contribution is 5.72. The molecule has 0 heterocycles. The summed E-state index contributed by atoms with van der Waals surface area (Å²) in [5.41, 5.74) is 6.62. The predicted octanol–water partition coefficient (Wildman–Crippen LogP) is 7.81. The number of nitrogens with one attached hydrogen (secondary N) is 1. The predicted molar refractivity (Wildman–Crippen MR) is 134 cm³/mol. The summed E-state index contributed by atoms with van der Waals surface area (Å²) in [5.74, 6) is 0. The number of benzene rings is 5. The molecular weight excluding hydrogens is 386 g/mol. The highest BCUT2D eigenvalue weighted by Gasteiger charge is 2.39. The van der Waals surface area contributed by atoms with Crippen molar-refractivity contribution < 1.29 is 0 Å². The lowest BCUT2D eigenvalue weighted by Crippen LogP contribution is -2.31. The molecule has 0 aliphatic rings. The van der Waals surface area contributed by atoms with E-state index in [1.54, 1.807) is 0 Å². The lowest BCUT2D eigenvalue weighted by Gasteiger charge is -2.38. The zero-order chi connectivity index (χ0) is 21.6. The second kappa shape index (κ2) is 8.95. The van der Waals surface area contributed by atoms with Crippen molar-refractivity contribution in [2.75, 3.05) is 5.32 Å². The Labute approximate surface area is 190 Å². The van der Waals surface area contributed by atoms with Crippen molar-refractivity contribution in [3.05, 3.63) is 168 Å². The Kier molecular flexibility index (Phi) is 5.55. The molecule has 0 aliphatic carbocycles. The Balaban J connectivity index is 1.84. The van der Waals surface area contributed by atoms with Crippen LogP contribution >= 0.6 is 0 Å². The van der Waals surface area contributed by atoms with Gasteiger partial charge in [0, 0.05) is 11.4 Å². The minimum Gasteiger partial charge on any atom is -0.355 e. The molecule has 0 aliphatic heterocycles. The van der Waals surface area contributed by atoms with Crippen LogP contribution in [-0.2, 0) is 5.41 Å². The fourth-order valence-corrected chi connectivity index (χ4v) is 4.63. The first-order valence-electron chi connectivity index (χ1n) is 11.0. The maximum absolute atomic E-state index is 3.69. The molecule has 1 nitrogen and oxygen atoms in total. The summed E-state index contributed by atoms with van der Waals surface area (Å²) in [7, 11) is 0. The van der Waals surface area contributed by atoms with Crippen molar-refractivity contribution in [2.24, 2.45) is 0 Å². The lowest BCUT2D eigenvalue weighted by molar-refractivity contribution is 0.747. The van der Waals surface area contributed by atoms with Gasteiger partial charge >= 0.3 is 0 Å². The van der Waals surface area contributed by atoms with Crippen molar-refractivity contribution in [1.82, 2.24) is 0 Å². The molecule has 5 aromatic rings. The van der Waals surface area contributed by atoms with E-state index in [4.69, 9.17) is 0 Å². The second-order valence-electron chi connectivity index (χ2n) is 7.88. The monoisotopic (exact) mass is 411 g/mol. The van der Waals surface area contributed by atoms with Crippen LogP contribution in [0.3, 0.4) is 0 Å². The van der Waals surface area contributed by atoms with Gasteiger partial charge in [-0.3, -0.25) is 0 Å². The van der Waals surface area contributed by atoms with Crippen molar-refractivity contribution >= 4 is 11.4 Å². The van der Waals surface area contributed by atoms with Crippen molar-refractivity contribution in [2.45, 2.75) is 5.41 Å². The zero-order valence-electron chi connectivity index (χ0n) is 17.9. The van der Waals surface area contributed by atoms with Gasteiger partial charge < -0.3 is 5.32 Å². The third-order valence-corrected chi connectivity index (χ3v) is 6.00. The lowest BCUT2D eigenvalue weighted by atomic mass is 9.64. The number of hydrogen-bond acceptors (Lipinski definition) is 1. The van der Waals surface area contributed by atoms with Gasteiger partial charge in [0.1, 0.15) is 0 Å². The van der Waals surface area contributed by atoms with Gasteiger partial charge in [-0.25, -0.2) is 0 Å². The van der Waals surface area contributed by atoms with Crippen LogP contribution in [0, 0.1) is 0 Å². The maximum atomic E-state index is 3.69. The van der Waals surface area contributed by atoms with E-state index in [0.29, 0.717) is 0 Å². The van der Waals surface area contributed by atoms with Crippen molar-refractivity contribution in [3.63, 3.8) is 0 Å². The smallest absolute Gasteiger partial charge is 0.0721 e. The molecule has 32 heavy (non-hydrogen) atoms. The SMILES string of the molecule is c1ccc(Nc2ccccc2C(c2ccccc2)(c2ccccc2)c2ccccc2)cc1. The zero-order valence-corrected chi connectivity index (χ0v) is 17.9. The van der Waals surface area contributed by atoms with Gasteiger partial charge in [-0.2, -0.15) is 0 Å². The molecule has 5 rings (SSSR count). The minimum atomic E-state index is -0.470. The molecule has 0 saturated carbocycles. The number of rotatable bonds is 6. The summed E-state index contributed by atoms with van der Waals surface area (Å²) in [5, 5.41) is 3.69. The van der Waals surface area contributed by atoms with E-state index in [1.165, 1.54) is 22.3 Å². The van der Waals surface area contributed by atoms with Crippen LogP contribution in [0.25, 0.3) is 0 Å². The first-order valence-corrected chi connectivity index (χ1v) is 11.0. The van der Waals surface area contributed by atoms with Crippen LogP contribution in [0.4, 0.5) is 11.4 Å². The van der Waals surface area contributed by atoms with E-state index in [0.717, 1.165) is 11.4 Å². The average Bonchev–Trinajstić information content (AvgIpc) is 2.88. The molecule has 0 radical (unpaired) electrons. The van der Waals surface area contributed by atoms with Crippen LogP contribution in [0.1, 0.15) is 22.3 Å². The molecule has 0 atom stereocenters. The summed E-state index contributed by atoms with van der Waals surface area (Å²) in [6.07, 6.45) is 0. The standard InChI is InChI=1S/C31H25N/c1-5-15-25(16-6-1)31(26-17-7-2-8-18-26,27-19-9-3-10-20-27)29-23-13-14-24-30(29)32-28-21-11-4-12-22-28/h1-24,32H. The maximum Gasteiger partial charge on any atom is 0.0721 e. The van der Waals surface area contributed by atoms with Crippen LogP contribution in [0.15, 0.2) is 146 Å². The number of para-hydroxylation sites is 2. The third-order valence-electron chi connectivity index (χ3n) is 6.00. The fourth-order valence-electron chi connectivity index (χ4n) is 4.63. The van der Waals surface area contributed by atoms with Crippen LogP contribution in [0.2, 0.25) is 0 Å². The molecule has 154 valence electrons. The second-order valence-corrected chi connectivity index (χ2v) is 7.88. The van der Waals surface area contributed by atoms with Gasteiger partial charge in [0.25, 0.3) is 0 Å². The van der Waals surface area contributed by atoms with Gasteiger partial charge in [0.05, 0.1) is 5.41 Å². The van der Waals surface area contributed by atoms with Gasteiger partial charge in [0.2, 0.25) is 0 Å². The molecule has 1 N–H and O–H groups in total. The molecule has 0 unspecified atom stereocenters. The molecule has 0 fully saturated rings. The molecule has 1 heteroatoms. The summed E-state index contributed by atoms with van der Waals surface area (Å²) < 4.78 is 0. The third kappa shape index (κ3) is 3.59. The molecule has 0 bridgehead atoms. The van der Waals surface area contributed by atoms with E-state index in [2.05, 4.69) is 145 Å². The first kappa shape index (κ1) is 19.8. The topological polar surface area (TPSA) is 12.0 Å². The Hall–Kier alpha value is -4.10. The van der Waals surface area contributed by atoms with E-state index in [1.807, 2.05) is 6.07 Å². The Morgan fingerprint density at radius 1 is 0.375 bits per heavy atom. The summed E-state index contributed by atoms with van der Waals surface area (Å²) in [6.45, 7) is 0. The largest absolute Gasteiger partial charge is 0.355 e. The van der Waals surface area contributed by atoms with Crippen molar-refractivity contribution in [1.29, 1.82) is 0 Å². The quantitative estimate of drug-likeness (QED) is 0.281. The number of anilines is 2. The van der Waals surface area contributed by atoms with Gasteiger partial charge in [-0.05, 0) is 40.5 Å². The summed E-state index contributed by atoms with van der Waals surface area (Å²) >= 11 is 0. The van der Waals surface area contributed by atoms with E-state index >= 15 is 0 Å². The van der Waals surface area contributed by atoms with Crippen LogP contribution in [-0.4, -0.2) is 0 Å².